The Bertz CT molecular complexity index is 1050. The first-order valence-electron chi connectivity index (χ1n) is 7.35. The van der Waals surface area contributed by atoms with E-state index in [1.807, 2.05) is 42.6 Å². The van der Waals surface area contributed by atoms with Crippen molar-refractivity contribution in [2.75, 3.05) is 5.32 Å². The van der Waals surface area contributed by atoms with E-state index in [1.165, 1.54) is 0 Å². The third-order valence-corrected chi connectivity index (χ3v) is 3.61. The van der Waals surface area contributed by atoms with Crippen LogP contribution in [0.2, 0.25) is 0 Å². The Morgan fingerprint density at radius 3 is 2.79 bits per heavy atom. The second kappa shape index (κ2) is 5.82. The average molecular weight is 312 g/mol. The molecule has 0 aliphatic heterocycles. The van der Waals surface area contributed by atoms with Gasteiger partial charge in [0.2, 0.25) is 0 Å². The van der Waals surface area contributed by atoms with Crippen LogP contribution in [0.25, 0.3) is 16.6 Å². The molecule has 0 aromatic carbocycles. The Labute approximate surface area is 138 Å². The molecule has 0 saturated heterocycles. The monoisotopic (exact) mass is 312 g/mol. The van der Waals surface area contributed by atoms with Gasteiger partial charge in [-0.2, -0.15) is 10.4 Å². The molecule has 6 heteroatoms. The lowest BCUT2D eigenvalue weighted by atomic mass is 10.1. The van der Waals surface area contributed by atoms with Gasteiger partial charge in [-0.1, -0.05) is 0 Å². The molecule has 0 saturated carbocycles. The summed E-state index contributed by atoms with van der Waals surface area (Å²) in [7, 11) is 0. The van der Waals surface area contributed by atoms with E-state index in [2.05, 4.69) is 26.5 Å². The largest absolute Gasteiger partial charge is 0.337 e. The molecule has 0 aliphatic carbocycles. The number of hydrogen-bond acceptors (Lipinski definition) is 5. The van der Waals surface area contributed by atoms with Gasteiger partial charge in [0.15, 0.2) is 5.82 Å². The zero-order valence-corrected chi connectivity index (χ0v) is 12.6. The SMILES string of the molecule is N#Cc1cc(-c2ccn3nc(Nc4cccnc4)cc3c2)ccn1. The molecule has 0 bridgehead atoms. The quantitative estimate of drug-likeness (QED) is 0.627. The Balaban J connectivity index is 1.69. The van der Waals surface area contributed by atoms with Gasteiger partial charge in [0.1, 0.15) is 11.8 Å². The Morgan fingerprint density at radius 2 is 1.96 bits per heavy atom. The minimum absolute atomic E-state index is 0.403. The Hall–Kier alpha value is -3.72. The summed E-state index contributed by atoms with van der Waals surface area (Å²) in [5.41, 5.74) is 4.20. The van der Waals surface area contributed by atoms with Gasteiger partial charge >= 0.3 is 0 Å². The lowest BCUT2D eigenvalue weighted by Crippen LogP contribution is -1.92. The molecule has 114 valence electrons. The van der Waals surface area contributed by atoms with E-state index >= 15 is 0 Å². The molecule has 4 aromatic rings. The van der Waals surface area contributed by atoms with Crippen LogP contribution in [-0.2, 0) is 0 Å². The number of aromatic nitrogens is 4. The molecule has 0 aliphatic rings. The molecule has 0 unspecified atom stereocenters. The number of nitrogens with one attached hydrogen (secondary N) is 1. The fraction of sp³-hybridized carbons (Fsp3) is 0. The van der Waals surface area contributed by atoms with Crippen molar-refractivity contribution in [1.82, 2.24) is 19.6 Å². The fourth-order valence-corrected chi connectivity index (χ4v) is 2.49. The van der Waals surface area contributed by atoms with Gasteiger partial charge in [-0.05, 0) is 47.5 Å². The first-order chi connectivity index (χ1) is 11.8. The van der Waals surface area contributed by atoms with Crippen LogP contribution in [0.5, 0.6) is 0 Å². The van der Waals surface area contributed by atoms with Crippen LogP contribution in [0.4, 0.5) is 11.5 Å². The highest BCUT2D eigenvalue weighted by atomic mass is 15.3. The van der Waals surface area contributed by atoms with E-state index in [-0.39, 0.29) is 0 Å². The maximum atomic E-state index is 8.98. The van der Waals surface area contributed by atoms with Crippen LogP contribution < -0.4 is 5.32 Å². The third-order valence-electron chi connectivity index (χ3n) is 3.61. The van der Waals surface area contributed by atoms with Gasteiger partial charge in [-0.15, -0.1) is 0 Å². The number of rotatable bonds is 3. The summed E-state index contributed by atoms with van der Waals surface area (Å²) in [6.45, 7) is 0. The van der Waals surface area contributed by atoms with Crippen LogP contribution in [0.1, 0.15) is 5.69 Å². The molecule has 4 aromatic heterocycles. The van der Waals surface area contributed by atoms with Crippen molar-refractivity contribution < 1.29 is 0 Å². The second-order valence-electron chi connectivity index (χ2n) is 5.22. The number of nitriles is 1. The molecular weight excluding hydrogens is 300 g/mol. The molecule has 0 fully saturated rings. The first-order valence-corrected chi connectivity index (χ1v) is 7.35. The van der Waals surface area contributed by atoms with E-state index in [0.29, 0.717) is 5.69 Å². The summed E-state index contributed by atoms with van der Waals surface area (Å²) in [4.78, 5) is 8.08. The van der Waals surface area contributed by atoms with Gasteiger partial charge in [-0.3, -0.25) is 4.98 Å². The number of pyridine rings is 3. The predicted octanol–water partition coefficient (Wildman–Crippen LogP) is 3.41. The van der Waals surface area contributed by atoms with Crippen molar-refractivity contribution >= 4 is 17.0 Å². The van der Waals surface area contributed by atoms with Crippen molar-refractivity contribution in [2.45, 2.75) is 0 Å². The molecular formula is C18H12N6. The maximum Gasteiger partial charge on any atom is 0.153 e. The highest BCUT2D eigenvalue weighted by Crippen LogP contribution is 2.23. The summed E-state index contributed by atoms with van der Waals surface area (Å²) < 4.78 is 1.80. The lowest BCUT2D eigenvalue weighted by molar-refractivity contribution is 0.965. The van der Waals surface area contributed by atoms with E-state index in [1.54, 1.807) is 29.2 Å². The van der Waals surface area contributed by atoms with E-state index in [4.69, 9.17) is 5.26 Å². The van der Waals surface area contributed by atoms with Gasteiger partial charge < -0.3 is 5.32 Å². The van der Waals surface area contributed by atoms with Gasteiger partial charge in [0, 0.05) is 24.7 Å². The van der Waals surface area contributed by atoms with Crippen molar-refractivity contribution in [2.24, 2.45) is 0 Å². The normalized spacial score (nSPS) is 10.5. The van der Waals surface area contributed by atoms with Crippen LogP contribution in [0.15, 0.2) is 67.3 Å². The molecule has 0 amide bonds. The van der Waals surface area contributed by atoms with Crippen molar-refractivity contribution in [1.29, 1.82) is 5.26 Å². The third kappa shape index (κ3) is 2.66. The van der Waals surface area contributed by atoms with Crippen molar-refractivity contribution in [3.8, 4) is 17.2 Å². The first kappa shape index (κ1) is 13.9. The maximum absolute atomic E-state index is 8.98. The molecule has 0 atom stereocenters. The number of fused-ring (bicyclic) bond motifs is 1. The molecule has 6 nitrogen and oxygen atoms in total. The zero-order valence-electron chi connectivity index (χ0n) is 12.6. The van der Waals surface area contributed by atoms with Crippen LogP contribution in [-0.4, -0.2) is 19.6 Å². The summed E-state index contributed by atoms with van der Waals surface area (Å²) in [5, 5.41) is 16.7. The number of nitrogens with zero attached hydrogens (tertiary/aromatic N) is 5. The molecule has 0 radical (unpaired) electrons. The van der Waals surface area contributed by atoms with Gasteiger partial charge in [0.25, 0.3) is 0 Å². The standard InChI is InChI=1S/C18H12N6/c19-11-16-8-13(3-6-21-16)14-4-7-24-17(9-14)10-18(23-24)22-15-2-1-5-20-12-15/h1-10,12H,(H,22,23). The van der Waals surface area contributed by atoms with Gasteiger partial charge in [0.05, 0.1) is 17.4 Å². The number of hydrogen-bond donors (Lipinski definition) is 1. The molecule has 24 heavy (non-hydrogen) atoms. The Kier molecular flexibility index (Phi) is 3.37. The zero-order chi connectivity index (χ0) is 16.4. The van der Waals surface area contributed by atoms with E-state index in [0.717, 1.165) is 28.1 Å². The smallest absolute Gasteiger partial charge is 0.153 e. The minimum atomic E-state index is 0.403. The Morgan fingerprint density at radius 1 is 1.04 bits per heavy atom. The fourth-order valence-electron chi connectivity index (χ4n) is 2.49. The number of anilines is 2. The van der Waals surface area contributed by atoms with Crippen molar-refractivity contribution in [3.63, 3.8) is 0 Å². The summed E-state index contributed by atoms with van der Waals surface area (Å²) in [6, 6.07) is 15.5. The summed E-state index contributed by atoms with van der Waals surface area (Å²) in [5.74, 6) is 0.743. The topological polar surface area (TPSA) is 78.9 Å². The summed E-state index contributed by atoms with van der Waals surface area (Å²) >= 11 is 0. The molecule has 1 N–H and O–H groups in total. The van der Waals surface area contributed by atoms with Crippen LogP contribution in [0, 0.1) is 11.3 Å². The highest BCUT2D eigenvalue weighted by Gasteiger charge is 2.05. The average Bonchev–Trinajstić information content (AvgIpc) is 3.04. The highest BCUT2D eigenvalue weighted by molar-refractivity contribution is 5.71. The second-order valence-corrected chi connectivity index (χ2v) is 5.22. The van der Waals surface area contributed by atoms with E-state index in [9.17, 15) is 0 Å². The molecule has 4 rings (SSSR count). The van der Waals surface area contributed by atoms with E-state index < -0.39 is 0 Å². The molecule has 4 heterocycles. The van der Waals surface area contributed by atoms with Crippen LogP contribution in [0.3, 0.4) is 0 Å². The van der Waals surface area contributed by atoms with Gasteiger partial charge in [-0.25, -0.2) is 9.50 Å². The van der Waals surface area contributed by atoms with Crippen LogP contribution >= 0.6 is 0 Å². The lowest BCUT2D eigenvalue weighted by Gasteiger charge is -2.02. The minimum Gasteiger partial charge on any atom is -0.337 e. The molecule has 0 spiro atoms. The van der Waals surface area contributed by atoms with Crippen molar-refractivity contribution in [3.05, 3.63) is 72.9 Å². The summed E-state index contributed by atoms with van der Waals surface area (Å²) in [6.07, 6.45) is 7.01. The predicted molar refractivity (Wildman–Crippen MR) is 90.7 cm³/mol.